The lowest BCUT2D eigenvalue weighted by molar-refractivity contribution is 0.0595. The molecule has 0 saturated heterocycles. The van der Waals surface area contributed by atoms with Gasteiger partial charge in [-0.1, -0.05) is 17.7 Å². The molecule has 6 nitrogen and oxygen atoms in total. The number of hydrogen-bond acceptors (Lipinski definition) is 6. The van der Waals surface area contributed by atoms with Crippen LogP contribution in [0.3, 0.4) is 0 Å². The molecule has 2 aromatic rings. The topological polar surface area (TPSA) is 66.0 Å². The van der Waals surface area contributed by atoms with Gasteiger partial charge in [0.05, 0.1) is 33.5 Å². The zero-order valence-electron chi connectivity index (χ0n) is 16.4. The third-order valence-electron chi connectivity index (χ3n) is 5.05. The van der Waals surface area contributed by atoms with Gasteiger partial charge < -0.3 is 24.3 Å². The third-order valence-corrected chi connectivity index (χ3v) is 5.37. The van der Waals surface area contributed by atoms with Gasteiger partial charge in [-0.2, -0.15) is 0 Å². The van der Waals surface area contributed by atoms with Crippen molar-refractivity contribution in [3.63, 3.8) is 0 Å². The lowest BCUT2D eigenvalue weighted by atomic mass is 9.85. The molecule has 1 aliphatic heterocycles. The smallest absolute Gasteiger partial charge is 0.342 e. The first-order valence-corrected chi connectivity index (χ1v) is 9.33. The highest BCUT2D eigenvalue weighted by Crippen LogP contribution is 2.42. The van der Waals surface area contributed by atoms with Crippen LogP contribution in [0.15, 0.2) is 24.3 Å². The van der Waals surface area contributed by atoms with Crippen LogP contribution in [0.2, 0.25) is 5.02 Å². The highest BCUT2D eigenvalue weighted by Gasteiger charge is 2.30. The third kappa shape index (κ3) is 3.62. The van der Waals surface area contributed by atoms with E-state index < -0.39 is 5.97 Å². The van der Waals surface area contributed by atoms with Crippen molar-refractivity contribution in [3.05, 3.63) is 51.5 Å². The summed E-state index contributed by atoms with van der Waals surface area (Å²) in [5.41, 5.74) is 3.33. The number of hydrogen-bond donors (Lipinski definition) is 1. The number of fused-ring (bicyclic) bond motifs is 1. The van der Waals surface area contributed by atoms with E-state index in [1.807, 2.05) is 24.3 Å². The molecule has 0 radical (unpaired) electrons. The Labute approximate surface area is 169 Å². The summed E-state index contributed by atoms with van der Waals surface area (Å²) in [7, 11) is 6.03. The summed E-state index contributed by atoms with van der Waals surface area (Å²) in [4.78, 5) is 12.6. The average Bonchev–Trinajstić information content (AvgIpc) is 2.94. The molecule has 28 heavy (non-hydrogen) atoms. The van der Waals surface area contributed by atoms with Gasteiger partial charge in [-0.05, 0) is 47.9 Å². The van der Waals surface area contributed by atoms with Gasteiger partial charge in [0.25, 0.3) is 0 Å². The quantitative estimate of drug-likeness (QED) is 0.769. The molecule has 0 amide bonds. The molecule has 7 heteroatoms. The van der Waals surface area contributed by atoms with Crippen molar-refractivity contribution in [3.8, 4) is 17.2 Å². The van der Waals surface area contributed by atoms with Gasteiger partial charge in [0.1, 0.15) is 11.3 Å². The highest BCUT2D eigenvalue weighted by molar-refractivity contribution is 6.32. The molecule has 1 aliphatic rings. The van der Waals surface area contributed by atoms with Crippen LogP contribution in [0, 0.1) is 0 Å². The molecule has 2 aromatic carbocycles. The summed E-state index contributed by atoms with van der Waals surface area (Å²) in [5.74, 6) is 1.03. The van der Waals surface area contributed by atoms with Gasteiger partial charge >= 0.3 is 5.97 Å². The van der Waals surface area contributed by atoms with Gasteiger partial charge in [0, 0.05) is 12.5 Å². The molecule has 0 aromatic heterocycles. The Balaban J connectivity index is 2.25. The summed E-state index contributed by atoms with van der Waals surface area (Å²) < 4.78 is 21.5. The summed E-state index contributed by atoms with van der Waals surface area (Å²) in [6.07, 6.45) is 0.668. The molecule has 1 atom stereocenters. The first-order chi connectivity index (χ1) is 13.5. The van der Waals surface area contributed by atoms with Gasteiger partial charge in [-0.15, -0.1) is 0 Å². The van der Waals surface area contributed by atoms with Crippen molar-refractivity contribution in [2.75, 3.05) is 41.5 Å². The number of methoxy groups -OCH3 is 4. The summed E-state index contributed by atoms with van der Waals surface area (Å²) in [6, 6.07) is 7.67. The van der Waals surface area contributed by atoms with Crippen molar-refractivity contribution < 1.29 is 23.7 Å². The zero-order valence-corrected chi connectivity index (χ0v) is 17.2. The number of esters is 1. The molecular formula is C21H24ClNO5. The SMILES string of the molecule is COC(=O)c1c2c(cc(OC)c1OC)C(c1ccc(Cl)c(OC)c1)CNCC2. The minimum absolute atomic E-state index is 0.0214. The van der Waals surface area contributed by atoms with E-state index >= 15 is 0 Å². The Bertz CT molecular complexity index is 884. The summed E-state index contributed by atoms with van der Waals surface area (Å²) >= 11 is 6.20. The summed E-state index contributed by atoms with van der Waals surface area (Å²) in [6.45, 7) is 1.43. The fraction of sp³-hybridized carbons (Fsp3) is 0.381. The van der Waals surface area contributed by atoms with E-state index in [4.69, 9.17) is 30.5 Å². The van der Waals surface area contributed by atoms with Crippen LogP contribution in [-0.2, 0) is 11.2 Å². The van der Waals surface area contributed by atoms with Gasteiger partial charge in [0.2, 0.25) is 0 Å². The van der Waals surface area contributed by atoms with Crippen molar-refractivity contribution >= 4 is 17.6 Å². The number of benzene rings is 2. The molecule has 0 aliphatic carbocycles. The minimum Gasteiger partial charge on any atom is -0.495 e. The van der Waals surface area contributed by atoms with Crippen LogP contribution in [0.1, 0.15) is 33.0 Å². The number of nitrogens with one attached hydrogen (secondary N) is 1. The lowest BCUT2D eigenvalue weighted by Crippen LogP contribution is -2.21. The Morgan fingerprint density at radius 1 is 1.07 bits per heavy atom. The number of ether oxygens (including phenoxy) is 4. The number of carbonyl (C=O) groups excluding carboxylic acids is 1. The van der Waals surface area contributed by atoms with Gasteiger partial charge in [-0.25, -0.2) is 4.79 Å². The van der Waals surface area contributed by atoms with E-state index in [9.17, 15) is 4.79 Å². The van der Waals surface area contributed by atoms with Crippen LogP contribution in [0.5, 0.6) is 17.2 Å². The molecule has 1 heterocycles. The fourth-order valence-corrected chi connectivity index (χ4v) is 3.91. The second-order valence-corrected chi connectivity index (χ2v) is 6.85. The second kappa shape index (κ2) is 8.71. The average molecular weight is 406 g/mol. The molecule has 0 saturated carbocycles. The normalized spacial score (nSPS) is 16.0. The van der Waals surface area contributed by atoms with Crippen LogP contribution in [-0.4, -0.2) is 47.5 Å². The monoisotopic (exact) mass is 405 g/mol. The molecule has 1 unspecified atom stereocenters. The van der Waals surface area contributed by atoms with Crippen molar-refractivity contribution in [1.82, 2.24) is 5.32 Å². The Morgan fingerprint density at radius 2 is 1.82 bits per heavy atom. The Hall–Kier alpha value is -2.44. The lowest BCUT2D eigenvalue weighted by Gasteiger charge is -2.23. The van der Waals surface area contributed by atoms with Crippen LogP contribution < -0.4 is 19.5 Å². The fourth-order valence-electron chi connectivity index (χ4n) is 3.71. The standard InChI is InChI=1S/C21H24ClNO5/c1-25-17-9-12(5-6-16(17)22)15-11-23-8-7-13-14(15)10-18(26-2)20(27-3)19(13)21(24)28-4/h5-6,9-10,15,23H,7-8,11H2,1-4H3. The molecule has 0 bridgehead atoms. The minimum atomic E-state index is -0.443. The molecule has 150 valence electrons. The highest BCUT2D eigenvalue weighted by atomic mass is 35.5. The van der Waals surface area contributed by atoms with Crippen molar-refractivity contribution in [2.24, 2.45) is 0 Å². The molecule has 3 rings (SSSR count). The number of halogens is 1. The van der Waals surface area contributed by atoms with Crippen molar-refractivity contribution in [2.45, 2.75) is 12.3 Å². The van der Waals surface area contributed by atoms with Gasteiger partial charge in [0.15, 0.2) is 11.5 Å². The Kier molecular flexibility index (Phi) is 6.31. The molecule has 0 fully saturated rings. The van der Waals surface area contributed by atoms with E-state index in [2.05, 4.69) is 5.32 Å². The first kappa shape index (κ1) is 20.3. The summed E-state index contributed by atoms with van der Waals surface area (Å²) in [5, 5.41) is 4.00. The van der Waals surface area contributed by atoms with E-state index in [-0.39, 0.29) is 5.92 Å². The first-order valence-electron chi connectivity index (χ1n) is 8.95. The maximum Gasteiger partial charge on any atom is 0.342 e. The molecule has 1 N–H and O–H groups in total. The predicted molar refractivity (Wildman–Crippen MR) is 107 cm³/mol. The second-order valence-electron chi connectivity index (χ2n) is 6.45. The van der Waals surface area contributed by atoms with Crippen LogP contribution in [0.25, 0.3) is 0 Å². The van der Waals surface area contributed by atoms with Crippen LogP contribution in [0.4, 0.5) is 0 Å². The largest absolute Gasteiger partial charge is 0.495 e. The van der Waals surface area contributed by atoms with E-state index in [0.29, 0.717) is 40.8 Å². The Morgan fingerprint density at radius 3 is 2.46 bits per heavy atom. The predicted octanol–water partition coefficient (Wildman–Crippen LogP) is 3.43. The number of carbonyl (C=O) groups is 1. The van der Waals surface area contributed by atoms with E-state index in [1.165, 1.54) is 14.2 Å². The van der Waals surface area contributed by atoms with Crippen molar-refractivity contribution in [1.29, 1.82) is 0 Å². The molecule has 0 spiro atoms. The zero-order chi connectivity index (χ0) is 20.3. The maximum absolute atomic E-state index is 12.6. The molecular weight excluding hydrogens is 382 g/mol. The maximum atomic E-state index is 12.6. The number of rotatable bonds is 5. The van der Waals surface area contributed by atoms with Gasteiger partial charge in [-0.3, -0.25) is 0 Å². The van der Waals surface area contributed by atoms with Crippen LogP contribution >= 0.6 is 11.6 Å². The van der Waals surface area contributed by atoms with E-state index in [0.717, 1.165) is 23.2 Å². The van der Waals surface area contributed by atoms with E-state index in [1.54, 1.807) is 14.2 Å².